The van der Waals surface area contributed by atoms with Crippen LogP contribution in [0.5, 0.6) is 0 Å². The van der Waals surface area contributed by atoms with Crippen molar-refractivity contribution >= 4 is 0 Å². The minimum atomic E-state index is -0.870. The number of hydrogen-bond acceptors (Lipinski definition) is 4. The molecule has 1 unspecified atom stereocenters. The molecule has 0 fully saturated rings. The van der Waals surface area contributed by atoms with E-state index in [1.165, 1.54) is 0 Å². The molecule has 1 atom stereocenters. The van der Waals surface area contributed by atoms with E-state index in [2.05, 4.69) is 11.3 Å². The molecule has 0 aromatic heterocycles. The Labute approximate surface area is 53.6 Å². The molecule has 0 radical (unpaired) electrons. The van der Waals surface area contributed by atoms with Crippen LogP contribution in [0.15, 0.2) is 12.5 Å². The van der Waals surface area contributed by atoms with Crippen LogP contribution in [0.3, 0.4) is 0 Å². The van der Waals surface area contributed by atoms with Gasteiger partial charge in [0, 0.05) is 0 Å². The first kappa shape index (κ1) is 8.26. The lowest BCUT2D eigenvalue weighted by Gasteiger charge is -2.07. The third-order valence-electron chi connectivity index (χ3n) is 0.672. The molecule has 4 heteroatoms. The van der Waals surface area contributed by atoms with Crippen LogP contribution >= 0.6 is 0 Å². The highest BCUT2D eigenvalue weighted by molar-refractivity contribution is 4.71. The second-order valence-corrected chi connectivity index (χ2v) is 1.61. The van der Waals surface area contributed by atoms with Crippen LogP contribution in [0.1, 0.15) is 0 Å². The van der Waals surface area contributed by atoms with Crippen LogP contribution < -0.4 is 5.73 Å². The zero-order valence-corrected chi connectivity index (χ0v) is 5.08. The number of aliphatic hydroxyl groups excluding tert-OH is 2. The van der Waals surface area contributed by atoms with E-state index < -0.39 is 6.10 Å². The van der Waals surface area contributed by atoms with Crippen molar-refractivity contribution in [1.82, 2.24) is 0 Å². The number of nitrogens with two attached hydrogens (primary N) is 1. The molecule has 4 N–H and O–H groups in total. The van der Waals surface area contributed by atoms with Gasteiger partial charge in [0.2, 0.25) is 0 Å². The van der Waals surface area contributed by atoms with Crippen LogP contribution in [0, 0.1) is 0 Å². The van der Waals surface area contributed by atoms with Gasteiger partial charge in [-0.3, -0.25) is 0 Å². The Kier molecular flexibility index (Phi) is 3.83. The smallest absolute Gasteiger partial charge is 0.176 e. The van der Waals surface area contributed by atoms with Crippen molar-refractivity contribution in [1.29, 1.82) is 0 Å². The molecule has 0 saturated heterocycles. The van der Waals surface area contributed by atoms with Crippen molar-refractivity contribution in [3.63, 3.8) is 0 Å². The van der Waals surface area contributed by atoms with Gasteiger partial charge in [0.05, 0.1) is 6.61 Å². The Bertz CT molecular complexity index is 94.2. The Balaban J connectivity index is 3.16. The summed E-state index contributed by atoms with van der Waals surface area (Å²) in [5, 5.41) is 16.9. The quantitative estimate of drug-likeness (QED) is 0.420. The normalized spacial score (nSPS) is 12.7. The van der Waals surface area contributed by atoms with Crippen LogP contribution in [0.2, 0.25) is 0 Å². The number of hydrogen-bond donors (Lipinski definition) is 3. The highest BCUT2D eigenvalue weighted by Gasteiger charge is 2.00. The first-order valence-corrected chi connectivity index (χ1v) is 2.53. The molecular formula is C5H11NO3. The van der Waals surface area contributed by atoms with E-state index >= 15 is 0 Å². The molecule has 0 spiro atoms. The summed E-state index contributed by atoms with van der Waals surface area (Å²) in [5.74, 6) is 0.0440. The van der Waals surface area contributed by atoms with Gasteiger partial charge in [0.1, 0.15) is 12.7 Å². The van der Waals surface area contributed by atoms with Gasteiger partial charge in [-0.05, 0) is 6.58 Å². The predicted molar refractivity (Wildman–Crippen MR) is 32.4 cm³/mol. The molecule has 54 valence electrons. The van der Waals surface area contributed by atoms with Crippen molar-refractivity contribution in [3.8, 4) is 0 Å². The fourth-order valence-corrected chi connectivity index (χ4v) is 0.256. The summed E-state index contributed by atoms with van der Waals surface area (Å²) in [6, 6.07) is 0. The zero-order valence-electron chi connectivity index (χ0n) is 5.08. The molecule has 0 aliphatic rings. The number of aliphatic hydroxyl groups is 2. The monoisotopic (exact) mass is 133 g/mol. The van der Waals surface area contributed by atoms with Gasteiger partial charge < -0.3 is 20.7 Å². The summed E-state index contributed by atoms with van der Waals surface area (Å²) >= 11 is 0. The first-order chi connectivity index (χ1) is 4.16. The summed E-state index contributed by atoms with van der Waals surface area (Å²) in [6.07, 6.45) is -0.870. The van der Waals surface area contributed by atoms with Gasteiger partial charge in [-0.2, -0.15) is 0 Å². The Morgan fingerprint density at radius 3 is 2.67 bits per heavy atom. The molecule has 0 aliphatic carbocycles. The van der Waals surface area contributed by atoms with Crippen molar-refractivity contribution in [2.45, 2.75) is 6.10 Å². The van der Waals surface area contributed by atoms with Gasteiger partial charge >= 0.3 is 0 Å². The molecule has 0 saturated carbocycles. The Hall–Kier alpha value is -0.740. The topological polar surface area (TPSA) is 75.7 Å². The van der Waals surface area contributed by atoms with Gasteiger partial charge in [0.25, 0.3) is 0 Å². The Morgan fingerprint density at radius 2 is 2.33 bits per heavy atom. The number of ether oxygens (including phenoxy) is 1. The predicted octanol–water partition coefficient (Wildman–Crippen LogP) is -1.21. The summed E-state index contributed by atoms with van der Waals surface area (Å²) in [4.78, 5) is 0. The third-order valence-corrected chi connectivity index (χ3v) is 0.672. The lowest BCUT2D eigenvalue weighted by atomic mass is 10.4. The molecule has 0 aromatic carbocycles. The van der Waals surface area contributed by atoms with Gasteiger partial charge in [-0.1, -0.05) is 0 Å². The van der Waals surface area contributed by atoms with Crippen LogP contribution in [0.4, 0.5) is 0 Å². The molecule has 0 bridgehead atoms. The van der Waals surface area contributed by atoms with E-state index in [0.29, 0.717) is 0 Å². The van der Waals surface area contributed by atoms with Gasteiger partial charge in [-0.25, -0.2) is 0 Å². The first-order valence-electron chi connectivity index (χ1n) is 2.53. The van der Waals surface area contributed by atoms with Crippen molar-refractivity contribution in [2.24, 2.45) is 5.73 Å². The standard InChI is InChI=1S/C5H11NO3/c1-4(6)9-3-5(8)2-7/h5,7-8H,1-3,6H2. The average Bonchev–Trinajstić information content (AvgIpc) is 1.83. The van der Waals surface area contributed by atoms with Gasteiger partial charge in [0.15, 0.2) is 5.88 Å². The average molecular weight is 133 g/mol. The molecule has 0 rings (SSSR count). The van der Waals surface area contributed by atoms with E-state index in [1.807, 2.05) is 0 Å². The summed E-state index contributed by atoms with van der Waals surface area (Å²) in [7, 11) is 0. The molecule has 4 nitrogen and oxygen atoms in total. The molecule has 0 aromatic rings. The molecular weight excluding hydrogens is 122 g/mol. The van der Waals surface area contributed by atoms with E-state index in [-0.39, 0.29) is 19.1 Å². The fraction of sp³-hybridized carbons (Fsp3) is 0.600. The summed E-state index contributed by atoms with van der Waals surface area (Å²) in [5.41, 5.74) is 4.99. The maximum absolute atomic E-state index is 8.64. The maximum Gasteiger partial charge on any atom is 0.176 e. The largest absolute Gasteiger partial charge is 0.477 e. The van der Waals surface area contributed by atoms with Crippen LogP contribution in [-0.2, 0) is 4.74 Å². The van der Waals surface area contributed by atoms with E-state index in [0.717, 1.165) is 0 Å². The van der Waals surface area contributed by atoms with Crippen molar-refractivity contribution < 1.29 is 14.9 Å². The second kappa shape index (κ2) is 4.17. The van der Waals surface area contributed by atoms with Gasteiger partial charge in [-0.15, -0.1) is 0 Å². The minimum absolute atomic E-state index is 0.00810. The molecule has 0 heterocycles. The fourth-order valence-electron chi connectivity index (χ4n) is 0.256. The van der Waals surface area contributed by atoms with Crippen LogP contribution in [-0.4, -0.2) is 29.5 Å². The highest BCUT2D eigenvalue weighted by atomic mass is 16.5. The highest BCUT2D eigenvalue weighted by Crippen LogP contribution is 1.86. The van der Waals surface area contributed by atoms with Crippen LogP contribution in [0.25, 0.3) is 0 Å². The molecule has 0 amide bonds. The Morgan fingerprint density at radius 1 is 1.78 bits per heavy atom. The third kappa shape index (κ3) is 5.13. The number of rotatable bonds is 4. The van der Waals surface area contributed by atoms with Crippen molar-refractivity contribution in [3.05, 3.63) is 12.5 Å². The van der Waals surface area contributed by atoms with Crippen molar-refractivity contribution in [2.75, 3.05) is 13.2 Å². The van der Waals surface area contributed by atoms with E-state index in [1.54, 1.807) is 0 Å². The summed E-state index contributed by atoms with van der Waals surface area (Å²) in [6.45, 7) is 2.89. The second-order valence-electron chi connectivity index (χ2n) is 1.61. The SMILES string of the molecule is C=C(N)OCC(O)CO. The minimum Gasteiger partial charge on any atom is -0.477 e. The molecule has 9 heavy (non-hydrogen) atoms. The van der Waals surface area contributed by atoms with E-state index in [4.69, 9.17) is 15.9 Å². The maximum atomic E-state index is 8.64. The molecule has 0 aliphatic heterocycles. The van der Waals surface area contributed by atoms with E-state index in [9.17, 15) is 0 Å². The summed E-state index contributed by atoms with van der Waals surface area (Å²) < 4.78 is 4.57. The lowest BCUT2D eigenvalue weighted by molar-refractivity contribution is 0.0299. The zero-order chi connectivity index (χ0) is 7.28. The lowest BCUT2D eigenvalue weighted by Crippen LogP contribution is -2.20.